The van der Waals surface area contributed by atoms with Crippen molar-refractivity contribution in [1.82, 2.24) is 0 Å². The standard InChI is InChI=1S/C22H13F/c23-18-7-10-19-17(12-18)6-9-21-20(19)8-5-16-11-14-3-1-2-4-15(14)13-22(16)21/h1-13H. The van der Waals surface area contributed by atoms with Gasteiger partial charge >= 0.3 is 0 Å². The second-order valence-electron chi connectivity index (χ2n) is 6.01. The van der Waals surface area contributed by atoms with E-state index in [0.29, 0.717) is 0 Å². The maximum Gasteiger partial charge on any atom is 0.123 e. The summed E-state index contributed by atoms with van der Waals surface area (Å²) in [7, 11) is 0. The lowest BCUT2D eigenvalue weighted by Crippen LogP contribution is -1.83. The quantitative estimate of drug-likeness (QED) is 0.228. The minimum atomic E-state index is -0.191. The van der Waals surface area contributed by atoms with Crippen molar-refractivity contribution >= 4 is 43.1 Å². The molecule has 0 aromatic heterocycles. The number of halogens is 1. The molecule has 0 aliphatic rings. The molecule has 5 aromatic rings. The summed E-state index contributed by atoms with van der Waals surface area (Å²) in [6.45, 7) is 0. The maximum absolute atomic E-state index is 13.5. The zero-order valence-electron chi connectivity index (χ0n) is 12.4. The van der Waals surface area contributed by atoms with Crippen LogP contribution in [-0.2, 0) is 0 Å². The molecule has 0 heterocycles. The van der Waals surface area contributed by atoms with Gasteiger partial charge in [-0.1, -0.05) is 54.6 Å². The molecule has 108 valence electrons. The second-order valence-corrected chi connectivity index (χ2v) is 6.01. The van der Waals surface area contributed by atoms with Crippen LogP contribution in [0.3, 0.4) is 0 Å². The van der Waals surface area contributed by atoms with Gasteiger partial charge in [0.05, 0.1) is 0 Å². The van der Waals surface area contributed by atoms with Crippen LogP contribution in [0.25, 0.3) is 43.1 Å². The highest BCUT2D eigenvalue weighted by molar-refractivity contribution is 6.19. The van der Waals surface area contributed by atoms with Gasteiger partial charge in [0.15, 0.2) is 0 Å². The molecule has 0 aliphatic carbocycles. The van der Waals surface area contributed by atoms with Crippen LogP contribution >= 0.6 is 0 Å². The first-order valence-electron chi connectivity index (χ1n) is 7.73. The highest BCUT2D eigenvalue weighted by atomic mass is 19.1. The van der Waals surface area contributed by atoms with Crippen LogP contribution in [0, 0.1) is 5.82 Å². The van der Waals surface area contributed by atoms with Crippen LogP contribution in [0.4, 0.5) is 4.39 Å². The monoisotopic (exact) mass is 296 g/mol. The predicted molar refractivity (Wildman–Crippen MR) is 96.4 cm³/mol. The molecule has 0 nitrogen and oxygen atoms in total. The van der Waals surface area contributed by atoms with Crippen molar-refractivity contribution < 1.29 is 4.39 Å². The van der Waals surface area contributed by atoms with Crippen molar-refractivity contribution in [1.29, 1.82) is 0 Å². The Morgan fingerprint density at radius 1 is 0.435 bits per heavy atom. The normalized spacial score (nSPS) is 11.7. The first-order valence-corrected chi connectivity index (χ1v) is 7.73. The predicted octanol–water partition coefficient (Wildman–Crippen LogP) is 6.44. The van der Waals surface area contributed by atoms with Gasteiger partial charge in [0.25, 0.3) is 0 Å². The molecule has 0 fully saturated rings. The molecular weight excluding hydrogens is 283 g/mol. The summed E-state index contributed by atoms with van der Waals surface area (Å²) in [5.41, 5.74) is 0. The Balaban J connectivity index is 1.98. The Bertz CT molecular complexity index is 1220. The smallest absolute Gasteiger partial charge is 0.123 e. The molecule has 0 spiro atoms. The summed E-state index contributed by atoms with van der Waals surface area (Å²) >= 11 is 0. The number of rotatable bonds is 0. The van der Waals surface area contributed by atoms with Crippen LogP contribution in [-0.4, -0.2) is 0 Å². The summed E-state index contributed by atoms with van der Waals surface area (Å²) in [5, 5.41) is 9.40. The van der Waals surface area contributed by atoms with Crippen LogP contribution in [0.1, 0.15) is 0 Å². The highest BCUT2D eigenvalue weighted by Crippen LogP contribution is 2.33. The molecule has 0 amide bonds. The van der Waals surface area contributed by atoms with E-state index in [1.807, 2.05) is 12.1 Å². The molecule has 0 saturated carbocycles. The number of hydrogen-bond acceptors (Lipinski definition) is 0. The van der Waals surface area contributed by atoms with Crippen molar-refractivity contribution in [3.63, 3.8) is 0 Å². The lowest BCUT2D eigenvalue weighted by molar-refractivity contribution is 0.630. The van der Waals surface area contributed by atoms with Crippen molar-refractivity contribution in [2.24, 2.45) is 0 Å². The fraction of sp³-hybridized carbons (Fsp3) is 0. The molecule has 5 aromatic carbocycles. The van der Waals surface area contributed by atoms with E-state index in [-0.39, 0.29) is 5.82 Å². The number of benzene rings is 5. The first-order chi connectivity index (χ1) is 11.3. The van der Waals surface area contributed by atoms with E-state index in [9.17, 15) is 4.39 Å². The van der Waals surface area contributed by atoms with Gasteiger partial charge in [-0.2, -0.15) is 0 Å². The Morgan fingerprint density at radius 3 is 1.83 bits per heavy atom. The van der Waals surface area contributed by atoms with E-state index in [2.05, 4.69) is 54.6 Å². The SMILES string of the molecule is Fc1ccc2c(ccc3c4cc5ccccc5cc4ccc23)c1. The molecule has 0 bridgehead atoms. The van der Waals surface area contributed by atoms with Gasteiger partial charge in [0.1, 0.15) is 5.82 Å². The first kappa shape index (κ1) is 12.6. The Kier molecular flexibility index (Phi) is 2.48. The van der Waals surface area contributed by atoms with Crippen molar-refractivity contribution in [2.45, 2.75) is 0 Å². The van der Waals surface area contributed by atoms with Gasteiger partial charge in [0.2, 0.25) is 0 Å². The van der Waals surface area contributed by atoms with Gasteiger partial charge in [0, 0.05) is 0 Å². The van der Waals surface area contributed by atoms with E-state index in [1.165, 1.54) is 38.4 Å². The summed E-state index contributed by atoms with van der Waals surface area (Å²) < 4.78 is 13.5. The van der Waals surface area contributed by atoms with Crippen LogP contribution in [0.15, 0.2) is 78.9 Å². The third-order valence-corrected chi connectivity index (χ3v) is 4.66. The molecule has 5 rings (SSSR count). The fourth-order valence-electron chi connectivity index (χ4n) is 3.54. The third kappa shape index (κ3) is 1.83. The number of hydrogen-bond donors (Lipinski definition) is 0. The molecule has 0 aliphatic heterocycles. The number of fused-ring (bicyclic) bond motifs is 6. The second kappa shape index (κ2) is 4.53. The zero-order chi connectivity index (χ0) is 15.4. The average molecular weight is 296 g/mol. The molecule has 0 atom stereocenters. The average Bonchev–Trinajstić information content (AvgIpc) is 2.59. The van der Waals surface area contributed by atoms with Crippen LogP contribution in [0.2, 0.25) is 0 Å². The van der Waals surface area contributed by atoms with Crippen LogP contribution in [0.5, 0.6) is 0 Å². The Hall–Kier alpha value is -2.93. The molecule has 0 unspecified atom stereocenters. The van der Waals surface area contributed by atoms with Gasteiger partial charge in [-0.05, 0) is 67.4 Å². The fourth-order valence-corrected chi connectivity index (χ4v) is 3.54. The summed E-state index contributed by atoms with van der Waals surface area (Å²) in [5.74, 6) is -0.191. The lowest BCUT2D eigenvalue weighted by atomic mass is 9.95. The lowest BCUT2D eigenvalue weighted by Gasteiger charge is -2.09. The molecule has 1 heteroatoms. The topological polar surface area (TPSA) is 0 Å². The summed E-state index contributed by atoms with van der Waals surface area (Å²) in [6.07, 6.45) is 0. The molecular formula is C22H13F. The van der Waals surface area contributed by atoms with E-state index in [0.717, 1.165) is 10.8 Å². The van der Waals surface area contributed by atoms with E-state index in [4.69, 9.17) is 0 Å². The summed E-state index contributed by atoms with van der Waals surface area (Å²) in [4.78, 5) is 0. The van der Waals surface area contributed by atoms with Crippen LogP contribution < -0.4 is 0 Å². The van der Waals surface area contributed by atoms with Gasteiger partial charge < -0.3 is 0 Å². The minimum Gasteiger partial charge on any atom is -0.207 e. The van der Waals surface area contributed by atoms with Crippen molar-refractivity contribution in [3.8, 4) is 0 Å². The minimum absolute atomic E-state index is 0.191. The zero-order valence-corrected chi connectivity index (χ0v) is 12.4. The molecule has 0 radical (unpaired) electrons. The summed E-state index contributed by atoms with van der Waals surface area (Å²) in [6, 6.07) is 26.3. The Labute approximate surface area is 132 Å². The van der Waals surface area contributed by atoms with Gasteiger partial charge in [-0.15, -0.1) is 0 Å². The Morgan fingerprint density at radius 2 is 1.04 bits per heavy atom. The van der Waals surface area contributed by atoms with E-state index in [1.54, 1.807) is 6.07 Å². The van der Waals surface area contributed by atoms with Gasteiger partial charge in [-0.3, -0.25) is 0 Å². The van der Waals surface area contributed by atoms with E-state index >= 15 is 0 Å². The third-order valence-electron chi connectivity index (χ3n) is 4.66. The van der Waals surface area contributed by atoms with Gasteiger partial charge in [-0.25, -0.2) is 4.39 Å². The van der Waals surface area contributed by atoms with Crippen molar-refractivity contribution in [3.05, 3.63) is 84.7 Å². The van der Waals surface area contributed by atoms with E-state index < -0.39 is 0 Å². The van der Waals surface area contributed by atoms with Crippen molar-refractivity contribution in [2.75, 3.05) is 0 Å². The molecule has 0 saturated heterocycles. The maximum atomic E-state index is 13.5. The largest absolute Gasteiger partial charge is 0.207 e. The molecule has 0 N–H and O–H groups in total. The highest BCUT2D eigenvalue weighted by Gasteiger charge is 2.06. The molecule has 23 heavy (non-hydrogen) atoms.